The van der Waals surface area contributed by atoms with E-state index >= 15 is 0 Å². The fourth-order valence-electron chi connectivity index (χ4n) is 1.19. The third kappa shape index (κ3) is 12.6. The molecule has 0 aromatic heterocycles. The molecular formula is C10H24N2S2. The van der Waals surface area contributed by atoms with Crippen LogP contribution in [0.2, 0.25) is 0 Å². The van der Waals surface area contributed by atoms with Crippen LogP contribution in [0.4, 0.5) is 0 Å². The fourth-order valence-corrected chi connectivity index (χ4v) is 1.69. The average molecular weight is 236 g/mol. The Bertz CT molecular complexity index is 110. The average Bonchev–Trinajstić information content (AvgIpc) is 2.15. The zero-order chi connectivity index (χ0) is 10.6. The molecule has 14 heavy (non-hydrogen) atoms. The monoisotopic (exact) mass is 236 g/mol. The lowest BCUT2D eigenvalue weighted by molar-refractivity contribution is 0.527. The minimum Gasteiger partial charge on any atom is -0.316 e. The maximum Gasteiger partial charge on any atom is 0.0520 e. The van der Waals surface area contributed by atoms with E-state index in [-0.39, 0.29) is 0 Å². The van der Waals surface area contributed by atoms with Crippen LogP contribution in [0.15, 0.2) is 0 Å². The molecule has 0 heterocycles. The fraction of sp³-hybridized carbons (Fsp3) is 1.00. The molecule has 0 saturated carbocycles. The molecule has 86 valence electrons. The second-order valence-electron chi connectivity index (χ2n) is 3.93. The second kappa shape index (κ2) is 11.7. The van der Waals surface area contributed by atoms with E-state index < -0.39 is 0 Å². The van der Waals surface area contributed by atoms with Gasteiger partial charge in [-0.2, -0.15) is 0 Å². The highest BCUT2D eigenvalue weighted by Crippen LogP contribution is 2.00. The van der Waals surface area contributed by atoms with Crippen LogP contribution in [0, 0.1) is 5.92 Å². The van der Waals surface area contributed by atoms with E-state index in [0.29, 0.717) is 0 Å². The van der Waals surface area contributed by atoms with Gasteiger partial charge < -0.3 is 10.6 Å². The molecule has 0 fully saturated rings. The smallest absolute Gasteiger partial charge is 0.0520 e. The van der Waals surface area contributed by atoms with Crippen molar-refractivity contribution < 1.29 is 0 Å². The van der Waals surface area contributed by atoms with E-state index in [1.54, 1.807) is 10.8 Å². The number of thiol groups is 1. The molecule has 0 rings (SSSR count). The molecular weight excluding hydrogens is 212 g/mol. The normalized spacial score (nSPS) is 11.1. The largest absolute Gasteiger partial charge is 0.316 e. The lowest BCUT2D eigenvalue weighted by Crippen LogP contribution is -2.21. The van der Waals surface area contributed by atoms with Crippen molar-refractivity contribution in [2.45, 2.75) is 33.1 Å². The summed E-state index contributed by atoms with van der Waals surface area (Å²) in [6, 6.07) is 0. The van der Waals surface area contributed by atoms with Crippen molar-refractivity contribution in [3.8, 4) is 0 Å². The maximum atomic E-state index is 4.06. The van der Waals surface area contributed by atoms with Gasteiger partial charge in [-0.25, -0.2) is 0 Å². The van der Waals surface area contributed by atoms with Gasteiger partial charge in [-0.3, -0.25) is 0 Å². The summed E-state index contributed by atoms with van der Waals surface area (Å²) in [6.45, 7) is 7.92. The van der Waals surface area contributed by atoms with Crippen molar-refractivity contribution >= 4 is 22.5 Å². The predicted molar refractivity (Wildman–Crippen MR) is 71.0 cm³/mol. The summed E-state index contributed by atoms with van der Waals surface area (Å²) in [5, 5.41) is 6.76. The van der Waals surface area contributed by atoms with Crippen molar-refractivity contribution in [2.75, 3.05) is 25.5 Å². The van der Waals surface area contributed by atoms with Gasteiger partial charge in [0.15, 0.2) is 0 Å². The molecule has 0 atom stereocenters. The van der Waals surface area contributed by atoms with E-state index in [1.165, 1.54) is 25.8 Å². The molecule has 0 unspecified atom stereocenters. The highest BCUT2D eigenvalue weighted by atomic mass is 33.1. The van der Waals surface area contributed by atoms with Crippen LogP contribution in [0.3, 0.4) is 0 Å². The summed E-state index contributed by atoms with van der Waals surface area (Å²) in [4.78, 5) is 0. The lowest BCUT2D eigenvalue weighted by Gasteiger charge is -2.07. The first-order valence-corrected chi connectivity index (χ1v) is 7.49. The van der Waals surface area contributed by atoms with E-state index in [2.05, 4.69) is 36.1 Å². The van der Waals surface area contributed by atoms with Crippen LogP contribution >= 0.6 is 22.5 Å². The summed E-state index contributed by atoms with van der Waals surface area (Å²) >= 11 is 4.06. The first kappa shape index (κ1) is 14.6. The summed E-state index contributed by atoms with van der Waals surface area (Å²) < 4.78 is 0. The summed E-state index contributed by atoms with van der Waals surface area (Å²) in [7, 11) is 1.55. The molecule has 0 aliphatic rings. The van der Waals surface area contributed by atoms with Crippen LogP contribution in [-0.2, 0) is 0 Å². The molecule has 0 saturated heterocycles. The van der Waals surface area contributed by atoms with E-state index in [1.807, 2.05) is 0 Å². The van der Waals surface area contributed by atoms with Crippen LogP contribution in [0.1, 0.15) is 33.1 Å². The van der Waals surface area contributed by atoms with Crippen molar-refractivity contribution in [1.29, 1.82) is 0 Å². The van der Waals surface area contributed by atoms with Crippen molar-refractivity contribution in [2.24, 2.45) is 5.92 Å². The SMILES string of the molecule is CC(C)CNCCCCCNCSS. The summed E-state index contributed by atoms with van der Waals surface area (Å²) in [6.07, 6.45) is 3.88. The number of unbranched alkanes of at least 4 members (excludes halogenated alkanes) is 2. The summed E-state index contributed by atoms with van der Waals surface area (Å²) in [5.74, 6) is 1.72. The minimum absolute atomic E-state index is 0.768. The Balaban J connectivity index is 2.85. The van der Waals surface area contributed by atoms with E-state index in [9.17, 15) is 0 Å². The van der Waals surface area contributed by atoms with Gasteiger partial charge in [0.25, 0.3) is 0 Å². The van der Waals surface area contributed by atoms with Crippen LogP contribution in [0.5, 0.6) is 0 Å². The summed E-state index contributed by atoms with van der Waals surface area (Å²) in [5.41, 5.74) is 0. The number of rotatable bonds is 10. The highest BCUT2D eigenvalue weighted by Gasteiger charge is 1.92. The topological polar surface area (TPSA) is 24.1 Å². The molecule has 0 aromatic carbocycles. The number of nitrogens with one attached hydrogen (secondary N) is 2. The van der Waals surface area contributed by atoms with E-state index in [4.69, 9.17) is 0 Å². The third-order valence-corrected chi connectivity index (χ3v) is 2.65. The Labute approximate surface area is 97.8 Å². The van der Waals surface area contributed by atoms with Crippen molar-refractivity contribution in [1.82, 2.24) is 10.6 Å². The lowest BCUT2D eigenvalue weighted by atomic mass is 10.2. The first-order valence-electron chi connectivity index (χ1n) is 5.45. The Morgan fingerprint density at radius 3 is 2.29 bits per heavy atom. The molecule has 0 bridgehead atoms. The van der Waals surface area contributed by atoms with Gasteiger partial charge >= 0.3 is 0 Å². The van der Waals surface area contributed by atoms with Crippen LogP contribution < -0.4 is 10.6 Å². The number of hydrogen-bond donors (Lipinski definition) is 3. The minimum atomic E-state index is 0.768. The molecule has 0 aliphatic heterocycles. The zero-order valence-corrected chi connectivity index (χ0v) is 11.1. The molecule has 0 aromatic rings. The molecule has 0 radical (unpaired) electrons. The number of hydrogen-bond acceptors (Lipinski definition) is 4. The Morgan fingerprint density at radius 2 is 1.71 bits per heavy atom. The molecule has 4 heteroatoms. The first-order chi connectivity index (χ1) is 6.77. The van der Waals surface area contributed by atoms with Gasteiger partial charge in [0.2, 0.25) is 0 Å². The van der Waals surface area contributed by atoms with Gasteiger partial charge in [0.05, 0.1) is 5.88 Å². The van der Waals surface area contributed by atoms with Crippen molar-refractivity contribution in [3.63, 3.8) is 0 Å². The molecule has 0 spiro atoms. The molecule has 0 aliphatic carbocycles. The molecule has 0 amide bonds. The predicted octanol–water partition coefficient (Wildman–Crippen LogP) is 2.53. The Kier molecular flexibility index (Phi) is 12.2. The maximum absolute atomic E-state index is 4.06. The van der Waals surface area contributed by atoms with Gasteiger partial charge in [0, 0.05) is 0 Å². The Hall–Kier alpha value is 0.620. The van der Waals surface area contributed by atoms with Gasteiger partial charge in [-0.1, -0.05) is 31.1 Å². The highest BCUT2D eigenvalue weighted by molar-refractivity contribution is 8.68. The third-order valence-electron chi connectivity index (χ3n) is 1.93. The van der Waals surface area contributed by atoms with Gasteiger partial charge in [-0.15, -0.1) is 11.7 Å². The van der Waals surface area contributed by atoms with Gasteiger partial charge in [0.1, 0.15) is 0 Å². The van der Waals surface area contributed by atoms with Crippen LogP contribution in [-0.4, -0.2) is 25.5 Å². The van der Waals surface area contributed by atoms with Crippen LogP contribution in [0.25, 0.3) is 0 Å². The quantitative estimate of drug-likeness (QED) is 0.235. The zero-order valence-electron chi connectivity index (χ0n) is 9.38. The van der Waals surface area contributed by atoms with Gasteiger partial charge in [-0.05, 0) is 38.4 Å². The molecule has 2 nitrogen and oxygen atoms in total. The van der Waals surface area contributed by atoms with E-state index in [0.717, 1.165) is 24.9 Å². The second-order valence-corrected chi connectivity index (χ2v) is 5.25. The molecule has 2 N–H and O–H groups in total. The Morgan fingerprint density at radius 1 is 1.07 bits per heavy atom. The van der Waals surface area contributed by atoms with Crippen molar-refractivity contribution in [3.05, 3.63) is 0 Å². The standard InChI is InChI=1S/C10H24N2S2/c1-10(2)8-11-6-4-3-5-7-12-9-14-13/h10-13H,3-9H2,1-2H3.